The van der Waals surface area contributed by atoms with Gasteiger partial charge in [-0.3, -0.25) is 13.9 Å². The van der Waals surface area contributed by atoms with Gasteiger partial charge >= 0.3 is 0 Å². The monoisotopic (exact) mass is 503 g/mol. The molecule has 0 saturated carbocycles. The molecule has 1 N–H and O–H groups in total. The van der Waals surface area contributed by atoms with Gasteiger partial charge in [0.25, 0.3) is 0 Å². The molecule has 0 unspecified atom stereocenters. The van der Waals surface area contributed by atoms with Gasteiger partial charge in [0.2, 0.25) is 21.8 Å². The Morgan fingerprint density at radius 3 is 2.31 bits per heavy atom. The van der Waals surface area contributed by atoms with E-state index >= 15 is 0 Å². The van der Waals surface area contributed by atoms with Crippen molar-refractivity contribution in [3.63, 3.8) is 0 Å². The number of benzene rings is 2. The zero-order valence-electron chi connectivity index (χ0n) is 21.2. The lowest BCUT2D eigenvalue weighted by molar-refractivity contribution is -0.141. The quantitative estimate of drug-likeness (QED) is 0.451. The van der Waals surface area contributed by atoms with Crippen LogP contribution in [0.1, 0.15) is 45.6 Å². The lowest BCUT2D eigenvalue weighted by Crippen LogP contribution is -2.50. The average Bonchev–Trinajstić information content (AvgIpc) is 2.81. The second kappa shape index (κ2) is 13.1. The van der Waals surface area contributed by atoms with Crippen LogP contribution in [0.2, 0.25) is 0 Å². The van der Waals surface area contributed by atoms with Crippen LogP contribution in [0.4, 0.5) is 5.69 Å². The van der Waals surface area contributed by atoms with Gasteiger partial charge in [-0.25, -0.2) is 8.42 Å². The van der Waals surface area contributed by atoms with Crippen LogP contribution in [-0.4, -0.2) is 57.1 Å². The third kappa shape index (κ3) is 8.58. The average molecular weight is 504 g/mol. The number of anilines is 1. The molecule has 0 radical (unpaired) electrons. The Morgan fingerprint density at radius 1 is 1.06 bits per heavy atom. The fourth-order valence-corrected chi connectivity index (χ4v) is 4.83. The van der Waals surface area contributed by atoms with E-state index < -0.39 is 16.1 Å². The van der Waals surface area contributed by atoms with Gasteiger partial charge < -0.3 is 15.0 Å². The molecule has 0 aliphatic rings. The molecule has 35 heavy (non-hydrogen) atoms. The fraction of sp³-hybridized carbons (Fsp3) is 0.462. The number of carbonyl (C=O) groups excluding carboxylic acids is 2. The largest absolute Gasteiger partial charge is 0.497 e. The zero-order chi connectivity index (χ0) is 26.0. The third-order valence-electron chi connectivity index (χ3n) is 5.50. The maximum atomic E-state index is 13.4. The van der Waals surface area contributed by atoms with E-state index in [2.05, 4.69) is 5.32 Å². The number of carbonyl (C=O) groups is 2. The minimum atomic E-state index is -3.51. The van der Waals surface area contributed by atoms with E-state index in [9.17, 15) is 18.0 Å². The summed E-state index contributed by atoms with van der Waals surface area (Å²) in [5, 5.41) is 2.91. The summed E-state index contributed by atoms with van der Waals surface area (Å²) < 4.78 is 31.3. The highest BCUT2D eigenvalue weighted by Crippen LogP contribution is 2.20. The second-order valence-electron chi connectivity index (χ2n) is 8.73. The smallest absolute Gasteiger partial charge is 0.243 e. The summed E-state index contributed by atoms with van der Waals surface area (Å²) >= 11 is 0. The summed E-state index contributed by atoms with van der Waals surface area (Å²) in [5.74, 6) is 0.252. The van der Waals surface area contributed by atoms with Crippen molar-refractivity contribution in [2.45, 2.75) is 58.7 Å². The van der Waals surface area contributed by atoms with Gasteiger partial charge in [0, 0.05) is 25.6 Å². The number of rotatable bonds is 13. The van der Waals surface area contributed by atoms with Crippen molar-refractivity contribution in [3.8, 4) is 5.75 Å². The molecule has 0 bridgehead atoms. The van der Waals surface area contributed by atoms with Crippen LogP contribution in [0.25, 0.3) is 0 Å². The fourth-order valence-electron chi connectivity index (χ4n) is 3.87. The standard InChI is InChI=1S/C26H37N3O5S/c1-6-24(26(31)27-20(2)3)28(19-21-12-10-15-23(18-21)34-4)25(30)16-11-17-29(35(5,32)33)22-13-8-7-9-14-22/h7-10,12-15,18,20,24H,6,11,16-17,19H2,1-5H3,(H,27,31)/t24-/m1/s1. The molecule has 2 aromatic rings. The van der Waals surface area contributed by atoms with Gasteiger partial charge in [0.05, 0.1) is 19.1 Å². The maximum Gasteiger partial charge on any atom is 0.243 e. The van der Waals surface area contributed by atoms with Crippen molar-refractivity contribution in [3.05, 3.63) is 60.2 Å². The van der Waals surface area contributed by atoms with Crippen LogP contribution in [0.3, 0.4) is 0 Å². The van der Waals surface area contributed by atoms with Crippen molar-refractivity contribution in [1.29, 1.82) is 0 Å². The highest BCUT2D eigenvalue weighted by molar-refractivity contribution is 7.92. The maximum absolute atomic E-state index is 13.4. The number of sulfonamides is 1. The molecule has 0 aliphatic carbocycles. The third-order valence-corrected chi connectivity index (χ3v) is 6.69. The van der Waals surface area contributed by atoms with Crippen molar-refractivity contribution < 1.29 is 22.7 Å². The number of hydrogen-bond donors (Lipinski definition) is 1. The lowest BCUT2D eigenvalue weighted by atomic mass is 10.1. The Morgan fingerprint density at radius 2 is 1.74 bits per heavy atom. The van der Waals surface area contributed by atoms with Crippen LogP contribution < -0.4 is 14.4 Å². The first-order valence-corrected chi connectivity index (χ1v) is 13.7. The summed E-state index contributed by atoms with van der Waals surface area (Å²) in [7, 11) is -1.93. The summed E-state index contributed by atoms with van der Waals surface area (Å²) in [5.41, 5.74) is 1.40. The van der Waals surface area contributed by atoms with Crippen LogP contribution >= 0.6 is 0 Å². The number of hydrogen-bond acceptors (Lipinski definition) is 5. The molecule has 0 spiro atoms. The molecule has 8 nitrogen and oxygen atoms in total. The number of ether oxygens (including phenoxy) is 1. The summed E-state index contributed by atoms with van der Waals surface area (Å²) in [6, 6.07) is 15.5. The van der Waals surface area contributed by atoms with Gasteiger partial charge in [-0.05, 0) is 56.5 Å². The van der Waals surface area contributed by atoms with Crippen molar-refractivity contribution >= 4 is 27.5 Å². The molecular formula is C26H37N3O5S. The van der Waals surface area contributed by atoms with E-state index in [-0.39, 0.29) is 37.4 Å². The SMILES string of the molecule is CC[C@H](C(=O)NC(C)C)N(Cc1cccc(OC)c1)C(=O)CCCN(c1ccccc1)S(C)(=O)=O. The number of methoxy groups -OCH3 is 1. The van der Waals surface area contributed by atoms with E-state index in [1.54, 1.807) is 36.3 Å². The molecule has 2 aromatic carbocycles. The first-order valence-electron chi connectivity index (χ1n) is 11.8. The van der Waals surface area contributed by atoms with Gasteiger partial charge in [0.1, 0.15) is 11.8 Å². The van der Waals surface area contributed by atoms with Crippen molar-refractivity contribution in [2.75, 3.05) is 24.2 Å². The Labute approximate surface area is 209 Å². The molecule has 0 aromatic heterocycles. The first kappa shape index (κ1) is 28.2. The van der Waals surface area contributed by atoms with Crippen LogP contribution in [0, 0.1) is 0 Å². The molecule has 2 amide bonds. The highest BCUT2D eigenvalue weighted by Gasteiger charge is 2.29. The number of amides is 2. The number of nitrogens with zero attached hydrogens (tertiary/aromatic N) is 2. The molecule has 1 atom stereocenters. The predicted octanol–water partition coefficient (Wildman–Crippen LogP) is 3.57. The molecule has 0 saturated heterocycles. The zero-order valence-corrected chi connectivity index (χ0v) is 22.0. The molecule has 2 rings (SSSR count). The molecule has 0 aliphatic heterocycles. The minimum Gasteiger partial charge on any atom is -0.497 e. The molecule has 9 heteroatoms. The van der Waals surface area contributed by atoms with Gasteiger partial charge in [-0.15, -0.1) is 0 Å². The number of nitrogens with one attached hydrogen (secondary N) is 1. The highest BCUT2D eigenvalue weighted by atomic mass is 32.2. The molecular weight excluding hydrogens is 466 g/mol. The Hall–Kier alpha value is -3.07. The Balaban J connectivity index is 2.22. The first-order chi connectivity index (χ1) is 16.6. The topological polar surface area (TPSA) is 96.0 Å². The van der Waals surface area contributed by atoms with E-state index in [4.69, 9.17) is 4.74 Å². The number of para-hydroxylation sites is 1. The van der Waals surface area contributed by atoms with Gasteiger partial charge in [-0.1, -0.05) is 37.3 Å². The lowest BCUT2D eigenvalue weighted by Gasteiger charge is -2.31. The Kier molecular flexibility index (Phi) is 10.6. The minimum absolute atomic E-state index is 0.0560. The van der Waals surface area contributed by atoms with Crippen molar-refractivity contribution in [1.82, 2.24) is 10.2 Å². The van der Waals surface area contributed by atoms with E-state index in [0.29, 0.717) is 24.3 Å². The summed E-state index contributed by atoms with van der Waals surface area (Å²) in [4.78, 5) is 27.9. The van der Waals surface area contributed by atoms with Gasteiger partial charge in [-0.2, -0.15) is 0 Å². The van der Waals surface area contributed by atoms with Crippen LogP contribution in [0.5, 0.6) is 5.75 Å². The predicted molar refractivity (Wildman–Crippen MR) is 139 cm³/mol. The molecule has 192 valence electrons. The second-order valence-corrected chi connectivity index (χ2v) is 10.6. The Bertz CT molecular complexity index is 1070. The van der Waals surface area contributed by atoms with E-state index in [1.165, 1.54) is 4.31 Å². The van der Waals surface area contributed by atoms with E-state index in [0.717, 1.165) is 11.8 Å². The van der Waals surface area contributed by atoms with Crippen LogP contribution in [0.15, 0.2) is 54.6 Å². The summed E-state index contributed by atoms with van der Waals surface area (Å²) in [6.07, 6.45) is 2.03. The van der Waals surface area contributed by atoms with E-state index in [1.807, 2.05) is 51.1 Å². The molecule has 0 fully saturated rings. The van der Waals surface area contributed by atoms with Crippen molar-refractivity contribution in [2.24, 2.45) is 0 Å². The molecule has 0 heterocycles. The van der Waals surface area contributed by atoms with Crippen LogP contribution in [-0.2, 0) is 26.2 Å². The normalized spacial score (nSPS) is 12.2. The summed E-state index contributed by atoms with van der Waals surface area (Å²) in [6.45, 7) is 6.03. The van der Waals surface area contributed by atoms with Gasteiger partial charge in [0.15, 0.2) is 0 Å².